The number of nitrogens with one attached hydrogen (secondary N) is 1. The van der Waals surface area contributed by atoms with Gasteiger partial charge in [-0.2, -0.15) is 0 Å². The predicted molar refractivity (Wildman–Crippen MR) is 59.7 cm³/mol. The lowest BCUT2D eigenvalue weighted by Gasteiger charge is -2.10. The molecule has 15 heavy (non-hydrogen) atoms. The summed E-state index contributed by atoms with van der Waals surface area (Å²) in [6, 6.07) is -0.0816. The Kier molecular flexibility index (Phi) is 5.58. The van der Waals surface area contributed by atoms with Gasteiger partial charge in [-0.15, -0.1) is 12.4 Å². The predicted octanol–water partition coefficient (Wildman–Crippen LogP) is -0.442. The zero-order valence-corrected chi connectivity index (χ0v) is 9.12. The minimum atomic E-state index is -0.296. The van der Waals surface area contributed by atoms with Crippen molar-refractivity contribution in [1.29, 1.82) is 0 Å². The maximum absolute atomic E-state index is 11.4. The van der Waals surface area contributed by atoms with Gasteiger partial charge in [0.05, 0.1) is 12.4 Å². The molecule has 6 nitrogen and oxygen atoms in total. The Labute approximate surface area is 93.9 Å². The lowest BCUT2D eigenvalue weighted by atomic mass is 10.3. The highest BCUT2D eigenvalue weighted by Gasteiger charge is 2.09. The van der Waals surface area contributed by atoms with E-state index in [2.05, 4.69) is 15.3 Å². The van der Waals surface area contributed by atoms with Gasteiger partial charge >= 0.3 is 0 Å². The Bertz CT molecular complexity index is 315. The van der Waals surface area contributed by atoms with Gasteiger partial charge in [0.1, 0.15) is 11.5 Å². The average Bonchev–Trinajstić information content (AvgIpc) is 2.18. The van der Waals surface area contributed by atoms with Crippen LogP contribution in [0.25, 0.3) is 0 Å². The third kappa shape index (κ3) is 4.09. The quantitative estimate of drug-likeness (QED) is 0.654. The summed E-state index contributed by atoms with van der Waals surface area (Å²) >= 11 is 0. The average molecular weight is 232 g/mol. The zero-order chi connectivity index (χ0) is 10.6. The van der Waals surface area contributed by atoms with E-state index in [0.717, 1.165) is 0 Å². The van der Waals surface area contributed by atoms with Crippen LogP contribution < -0.4 is 16.8 Å². The molecule has 0 aliphatic heterocycles. The minimum absolute atomic E-state index is 0. The molecule has 0 radical (unpaired) electrons. The Balaban J connectivity index is 0.00000196. The van der Waals surface area contributed by atoms with Crippen molar-refractivity contribution < 1.29 is 4.79 Å². The fourth-order valence-corrected chi connectivity index (χ4v) is 0.812. The molecule has 1 amide bonds. The fourth-order valence-electron chi connectivity index (χ4n) is 0.812. The number of hydrogen-bond donors (Lipinski definition) is 3. The van der Waals surface area contributed by atoms with E-state index in [1.54, 1.807) is 0 Å². The Hall–Kier alpha value is -1.40. The van der Waals surface area contributed by atoms with Crippen molar-refractivity contribution in [2.75, 3.05) is 12.3 Å². The first-order valence-corrected chi connectivity index (χ1v) is 4.22. The smallest absolute Gasteiger partial charge is 0.271 e. The van der Waals surface area contributed by atoms with Crippen LogP contribution in [0.1, 0.15) is 17.4 Å². The maximum Gasteiger partial charge on any atom is 0.271 e. The number of hydrogen-bond acceptors (Lipinski definition) is 5. The first-order valence-electron chi connectivity index (χ1n) is 4.22. The highest BCUT2D eigenvalue weighted by molar-refractivity contribution is 5.92. The number of anilines is 1. The number of rotatable bonds is 3. The summed E-state index contributed by atoms with van der Waals surface area (Å²) in [5, 5.41) is 2.66. The van der Waals surface area contributed by atoms with Crippen LogP contribution in [-0.2, 0) is 0 Å². The molecule has 1 rings (SSSR count). The molecule has 5 N–H and O–H groups in total. The molecule has 0 saturated heterocycles. The van der Waals surface area contributed by atoms with Crippen LogP contribution in [0.4, 0.5) is 5.82 Å². The molecule has 1 heterocycles. The number of nitrogens with zero attached hydrogens (tertiary/aromatic N) is 2. The van der Waals surface area contributed by atoms with E-state index in [1.165, 1.54) is 12.4 Å². The van der Waals surface area contributed by atoms with E-state index in [4.69, 9.17) is 11.5 Å². The SMILES string of the molecule is C[C@H](CN)NC(=O)c1cnc(N)cn1.Cl. The first-order chi connectivity index (χ1) is 6.63. The largest absolute Gasteiger partial charge is 0.382 e. The summed E-state index contributed by atoms with van der Waals surface area (Å²) in [5.41, 5.74) is 10.9. The number of carbonyl (C=O) groups is 1. The molecule has 0 bridgehead atoms. The molecule has 7 heteroatoms. The fraction of sp³-hybridized carbons (Fsp3) is 0.375. The van der Waals surface area contributed by atoms with Crippen molar-refractivity contribution in [2.45, 2.75) is 13.0 Å². The van der Waals surface area contributed by atoms with Crippen LogP contribution in [-0.4, -0.2) is 28.5 Å². The molecule has 1 atom stereocenters. The molecule has 84 valence electrons. The highest BCUT2D eigenvalue weighted by Crippen LogP contribution is 1.96. The monoisotopic (exact) mass is 231 g/mol. The van der Waals surface area contributed by atoms with Crippen LogP contribution in [0.5, 0.6) is 0 Å². The van der Waals surface area contributed by atoms with Crippen LogP contribution in [0.2, 0.25) is 0 Å². The second-order valence-electron chi connectivity index (χ2n) is 2.94. The molecule has 1 aromatic rings. The van der Waals surface area contributed by atoms with Gasteiger partial charge in [0.2, 0.25) is 0 Å². The number of aromatic nitrogens is 2. The van der Waals surface area contributed by atoms with Crippen molar-refractivity contribution in [3.05, 3.63) is 18.1 Å². The Morgan fingerprint density at radius 2 is 2.20 bits per heavy atom. The van der Waals surface area contributed by atoms with Crippen molar-refractivity contribution in [1.82, 2.24) is 15.3 Å². The first kappa shape index (κ1) is 13.6. The highest BCUT2D eigenvalue weighted by atomic mass is 35.5. The molecule has 0 aliphatic carbocycles. The molecule has 0 spiro atoms. The van der Waals surface area contributed by atoms with Crippen molar-refractivity contribution in [3.63, 3.8) is 0 Å². The second kappa shape index (κ2) is 6.15. The number of nitrogens with two attached hydrogens (primary N) is 2. The minimum Gasteiger partial charge on any atom is -0.382 e. The maximum atomic E-state index is 11.4. The van der Waals surface area contributed by atoms with Gasteiger partial charge < -0.3 is 16.8 Å². The lowest BCUT2D eigenvalue weighted by molar-refractivity contribution is 0.0936. The lowest BCUT2D eigenvalue weighted by Crippen LogP contribution is -2.38. The number of amides is 1. The molecule has 0 saturated carbocycles. The van der Waals surface area contributed by atoms with Gasteiger partial charge in [-0.3, -0.25) is 4.79 Å². The summed E-state index contributed by atoms with van der Waals surface area (Å²) in [6.07, 6.45) is 2.66. The van der Waals surface area contributed by atoms with Gasteiger partial charge in [-0.1, -0.05) is 0 Å². The molecule has 0 fully saturated rings. The number of nitrogen functional groups attached to an aromatic ring is 1. The number of carbonyl (C=O) groups excluding carboxylic acids is 1. The summed E-state index contributed by atoms with van der Waals surface area (Å²) < 4.78 is 0. The third-order valence-corrected chi connectivity index (χ3v) is 1.64. The summed E-state index contributed by atoms with van der Waals surface area (Å²) in [7, 11) is 0. The van der Waals surface area contributed by atoms with E-state index in [0.29, 0.717) is 6.54 Å². The van der Waals surface area contributed by atoms with Crippen LogP contribution in [0.3, 0.4) is 0 Å². The van der Waals surface area contributed by atoms with Crippen LogP contribution in [0, 0.1) is 0 Å². The van der Waals surface area contributed by atoms with Gasteiger partial charge in [-0.05, 0) is 6.92 Å². The topological polar surface area (TPSA) is 107 Å². The van der Waals surface area contributed by atoms with Crippen LogP contribution in [0.15, 0.2) is 12.4 Å². The second-order valence-corrected chi connectivity index (χ2v) is 2.94. The van der Waals surface area contributed by atoms with Crippen molar-refractivity contribution >= 4 is 24.1 Å². The zero-order valence-electron chi connectivity index (χ0n) is 8.30. The van der Waals surface area contributed by atoms with E-state index >= 15 is 0 Å². The van der Waals surface area contributed by atoms with Gasteiger partial charge in [0.15, 0.2) is 0 Å². The number of halogens is 1. The van der Waals surface area contributed by atoms with Gasteiger partial charge in [0.25, 0.3) is 5.91 Å². The third-order valence-electron chi connectivity index (χ3n) is 1.64. The van der Waals surface area contributed by atoms with Gasteiger partial charge in [-0.25, -0.2) is 9.97 Å². The Morgan fingerprint density at radius 3 is 2.67 bits per heavy atom. The molecule has 0 aliphatic rings. The molecular formula is C8H14ClN5O. The van der Waals surface area contributed by atoms with E-state index in [9.17, 15) is 4.79 Å². The Morgan fingerprint density at radius 1 is 1.53 bits per heavy atom. The molecule has 0 unspecified atom stereocenters. The van der Waals surface area contributed by atoms with Crippen molar-refractivity contribution in [3.8, 4) is 0 Å². The van der Waals surface area contributed by atoms with E-state index in [1.807, 2.05) is 6.92 Å². The summed E-state index contributed by atoms with van der Waals surface area (Å²) in [6.45, 7) is 2.19. The van der Waals surface area contributed by atoms with Crippen LogP contribution >= 0.6 is 12.4 Å². The molecule has 1 aromatic heterocycles. The van der Waals surface area contributed by atoms with E-state index in [-0.39, 0.29) is 35.9 Å². The molecular weight excluding hydrogens is 218 g/mol. The van der Waals surface area contributed by atoms with Crippen molar-refractivity contribution in [2.24, 2.45) is 5.73 Å². The van der Waals surface area contributed by atoms with Gasteiger partial charge in [0, 0.05) is 12.6 Å². The normalized spacial score (nSPS) is 11.3. The standard InChI is InChI=1S/C8H13N5O.ClH/c1-5(2-9)13-8(14)6-3-12-7(10)4-11-6;/h3-5H,2,9H2,1H3,(H2,10,12)(H,13,14);1H/t5-;/m1./s1. The summed E-state index contributed by atoms with van der Waals surface area (Å²) in [5.74, 6) is -0.0103. The molecule has 0 aromatic carbocycles. The van der Waals surface area contributed by atoms with E-state index < -0.39 is 0 Å². The summed E-state index contributed by atoms with van der Waals surface area (Å²) in [4.78, 5) is 19.0.